The molecule has 4 heteroatoms. The maximum absolute atomic E-state index is 11.8. The van der Waals surface area contributed by atoms with Gasteiger partial charge >= 0.3 is 5.97 Å². The second-order valence-electron chi connectivity index (χ2n) is 4.16. The number of methoxy groups -OCH3 is 1. The number of hydrogen-bond acceptors (Lipinski definition) is 4. The van der Waals surface area contributed by atoms with Crippen molar-refractivity contribution in [3.63, 3.8) is 0 Å². The fourth-order valence-corrected chi connectivity index (χ4v) is 1.65. The number of nitrogen functional groups attached to an aromatic ring is 1. The van der Waals surface area contributed by atoms with E-state index in [0.717, 1.165) is 12.8 Å². The van der Waals surface area contributed by atoms with Crippen LogP contribution in [-0.2, 0) is 4.74 Å². The first-order valence-corrected chi connectivity index (χ1v) is 6.29. The predicted molar refractivity (Wildman–Crippen MR) is 71.8 cm³/mol. The van der Waals surface area contributed by atoms with E-state index in [0.29, 0.717) is 23.6 Å². The van der Waals surface area contributed by atoms with Crippen LogP contribution in [0, 0.1) is 0 Å². The number of anilines is 1. The number of benzene rings is 1. The average molecular weight is 251 g/mol. The van der Waals surface area contributed by atoms with Crippen LogP contribution < -0.4 is 10.5 Å². The third-order valence-electron chi connectivity index (χ3n) is 2.68. The van der Waals surface area contributed by atoms with Crippen molar-refractivity contribution in [3.8, 4) is 5.75 Å². The Bertz CT molecular complexity index is 391. The smallest absolute Gasteiger partial charge is 0.341 e. The molecule has 1 aromatic rings. The van der Waals surface area contributed by atoms with Crippen molar-refractivity contribution in [2.24, 2.45) is 0 Å². The number of hydrogen-bond donors (Lipinski definition) is 1. The molecule has 0 amide bonds. The molecule has 0 aliphatic carbocycles. The lowest BCUT2D eigenvalue weighted by Gasteiger charge is -2.09. The van der Waals surface area contributed by atoms with Crippen LogP contribution in [0.4, 0.5) is 5.69 Å². The molecule has 0 unspecified atom stereocenters. The lowest BCUT2D eigenvalue weighted by atomic mass is 10.2. The highest BCUT2D eigenvalue weighted by Gasteiger charge is 2.13. The molecule has 100 valence electrons. The molecule has 0 spiro atoms. The third-order valence-corrected chi connectivity index (χ3v) is 2.68. The van der Waals surface area contributed by atoms with Gasteiger partial charge in [-0.3, -0.25) is 0 Å². The molecule has 0 aliphatic rings. The van der Waals surface area contributed by atoms with E-state index in [1.807, 2.05) is 0 Å². The van der Waals surface area contributed by atoms with E-state index >= 15 is 0 Å². The van der Waals surface area contributed by atoms with Crippen LogP contribution in [0.5, 0.6) is 5.75 Å². The molecule has 1 rings (SSSR count). The summed E-state index contributed by atoms with van der Waals surface area (Å²) in [5.74, 6) is 0.0944. The zero-order chi connectivity index (χ0) is 13.4. The summed E-state index contributed by atoms with van der Waals surface area (Å²) in [6.07, 6.45) is 4.32. The highest BCUT2D eigenvalue weighted by atomic mass is 16.5. The van der Waals surface area contributed by atoms with Crippen LogP contribution in [0.3, 0.4) is 0 Å². The molecule has 1 aromatic carbocycles. The Morgan fingerprint density at radius 3 is 2.72 bits per heavy atom. The molecule has 0 fully saturated rings. The number of ether oxygens (including phenoxy) is 2. The summed E-state index contributed by atoms with van der Waals surface area (Å²) in [5, 5.41) is 0. The van der Waals surface area contributed by atoms with Gasteiger partial charge in [0, 0.05) is 11.8 Å². The van der Waals surface area contributed by atoms with Crippen molar-refractivity contribution < 1.29 is 14.3 Å². The summed E-state index contributed by atoms with van der Waals surface area (Å²) < 4.78 is 10.3. The van der Waals surface area contributed by atoms with Gasteiger partial charge in [0.1, 0.15) is 11.3 Å². The Morgan fingerprint density at radius 1 is 1.28 bits per heavy atom. The van der Waals surface area contributed by atoms with Gasteiger partial charge in [0.2, 0.25) is 0 Å². The minimum Gasteiger partial charge on any atom is -0.496 e. The van der Waals surface area contributed by atoms with E-state index in [9.17, 15) is 4.79 Å². The minimum atomic E-state index is -0.358. The molecule has 0 aromatic heterocycles. The predicted octanol–water partition coefficient (Wildman–Crippen LogP) is 3.01. The highest BCUT2D eigenvalue weighted by molar-refractivity contribution is 5.93. The van der Waals surface area contributed by atoms with Crippen molar-refractivity contribution in [2.45, 2.75) is 32.6 Å². The Labute approximate surface area is 108 Å². The summed E-state index contributed by atoms with van der Waals surface area (Å²) in [7, 11) is 1.51. The monoisotopic (exact) mass is 251 g/mol. The van der Waals surface area contributed by atoms with E-state index < -0.39 is 0 Å². The highest BCUT2D eigenvalue weighted by Crippen LogP contribution is 2.22. The zero-order valence-corrected chi connectivity index (χ0v) is 11.1. The van der Waals surface area contributed by atoms with Gasteiger partial charge in [0.25, 0.3) is 0 Å². The first kappa shape index (κ1) is 14.4. The molecule has 0 bridgehead atoms. The molecule has 4 nitrogen and oxygen atoms in total. The SMILES string of the molecule is CCCCCCOC(=O)c1ccc(N)cc1OC. The second kappa shape index (κ2) is 7.58. The van der Waals surface area contributed by atoms with Gasteiger partial charge < -0.3 is 15.2 Å². The van der Waals surface area contributed by atoms with E-state index in [-0.39, 0.29) is 5.97 Å². The van der Waals surface area contributed by atoms with Gasteiger partial charge in [-0.25, -0.2) is 4.79 Å². The Balaban J connectivity index is 2.51. The van der Waals surface area contributed by atoms with Crippen molar-refractivity contribution in [2.75, 3.05) is 19.5 Å². The Hall–Kier alpha value is -1.71. The molecular formula is C14H21NO3. The van der Waals surface area contributed by atoms with Crippen LogP contribution in [0.15, 0.2) is 18.2 Å². The molecule has 0 radical (unpaired) electrons. The molecule has 0 heterocycles. The summed E-state index contributed by atoms with van der Waals surface area (Å²) in [5.41, 5.74) is 6.61. The molecule has 0 atom stereocenters. The van der Waals surface area contributed by atoms with Gasteiger partial charge in [-0.15, -0.1) is 0 Å². The maximum Gasteiger partial charge on any atom is 0.341 e. The molecule has 2 N–H and O–H groups in total. The Kier molecular flexibility index (Phi) is 6.05. The lowest BCUT2D eigenvalue weighted by molar-refractivity contribution is 0.0494. The van der Waals surface area contributed by atoms with Crippen molar-refractivity contribution in [1.82, 2.24) is 0 Å². The lowest BCUT2D eigenvalue weighted by Crippen LogP contribution is -2.08. The number of rotatable bonds is 7. The van der Waals surface area contributed by atoms with Gasteiger partial charge in [0.05, 0.1) is 13.7 Å². The topological polar surface area (TPSA) is 61.5 Å². The van der Waals surface area contributed by atoms with E-state index in [1.165, 1.54) is 20.0 Å². The molecule has 0 saturated carbocycles. The van der Waals surface area contributed by atoms with Crippen molar-refractivity contribution in [3.05, 3.63) is 23.8 Å². The minimum absolute atomic E-state index is 0.358. The van der Waals surface area contributed by atoms with Crippen LogP contribution >= 0.6 is 0 Å². The molecule has 0 saturated heterocycles. The summed E-state index contributed by atoms with van der Waals surface area (Å²) in [4.78, 5) is 11.8. The number of carbonyl (C=O) groups is 1. The number of carbonyl (C=O) groups excluding carboxylic acids is 1. The van der Waals surface area contributed by atoms with Crippen molar-refractivity contribution >= 4 is 11.7 Å². The number of unbranched alkanes of at least 4 members (excludes halogenated alkanes) is 3. The number of nitrogens with two attached hydrogens (primary N) is 1. The Morgan fingerprint density at radius 2 is 2.06 bits per heavy atom. The first-order valence-electron chi connectivity index (χ1n) is 6.29. The van der Waals surface area contributed by atoms with Gasteiger partial charge in [-0.05, 0) is 18.6 Å². The molecular weight excluding hydrogens is 230 g/mol. The first-order chi connectivity index (χ1) is 8.69. The van der Waals surface area contributed by atoms with Crippen LogP contribution in [0.2, 0.25) is 0 Å². The van der Waals surface area contributed by atoms with Crippen LogP contribution in [-0.4, -0.2) is 19.7 Å². The van der Waals surface area contributed by atoms with E-state index in [2.05, 4.69) is 6.92 Å². The molecule has 0 aliphatic heterocycles. The standard InChI is InChI=1S/C14H21NO3/c1-3-4-5-6-9-18-14(16)12-8-7-11(15)10-13(12)17-2/h7-8,10H,3-6,9,15H2,1-2H3. The van der Waals surface area contributed by atoms with Gasteiger partial charge in [-0.1, -0.05) is 26.2 Å². The fraction of sp³-hybridized carbons (Fsp3) is 0.500. The normalized spacial score (nSPS) is 10.1. The average Bonchev–Trinajstić information content (AvgIpc) is 2.38. The van der Waals surface area contributed by atoms with Gasteiger partial charge in [0.15, 0.2) is 0 Å². The van der Waals surface area contributed by atoms with E-state index in [1.54, 1.807) is 18.2 Å². The van der Waals surface area contributed by atoms with Crippen molar-refractivity contribution in [1.29, 1.82) is 0 Å². The zero-order valence-electron chi connectivity index (χ0n) is 11.1. The maximum atomic E-state index is 11.8. The van der Waals surface area contributed by atoms with Gasteiger partial charge in [-0.2, -0.15) is 0 Å². The number of esters is 1. The summed E-state index contributed by atoms with van der Waals surface area (Å²) in [6, 6.07) is 4.91. The van der Waals surface area contributed by atoms with Crippen LogP contribution in [0.25, 0.3) is 0 Å². The molecule has 18 heavy (non-hydrogen) atoms. The largest absolute Gasteiger partial charge is 0.496 e. The summed E-state index contributed by atoms with van der Waals surface area (Å²) in [6.45, 7) is 2.59. The third kappa shape index (κ3) is 4.28. The fourth-order valence-electron chi connectivity index (χ4n) is 1.65. The quantitative estimate of drug-likeness (QED) is 0.459. The van der Waals surface area contributed by atoms with E-state index in [4.69, 9.17) is 15.2 Å². The second-order valence-corrected chi connectivity index (χ2v) is 4.16. The summed E-state index contributed by atoms with van der Waals surface area (Å²) >= 11 is 0. The van der Waals surface area contributed by atoms with Crippen LogP contribution in [0.1, 0.15) is 43.0 Å².